The maximum Gasteiger partial charge on any atom is 0.333 e. The fourth-order valence-corrected chi connectivity index (χ4v) is 16.8. The lowest BCUT2D eigenvalue weighted by Gasteiger charge is -2.28. The minimum Gasteiger partial charge on any atom is -0.459 e. The summed E-state index contributed by atoms with van der Waals surface area (Å²) >= 11 is 28.2. The van der Waals surface area contributed by atoms with E-state index in [4.69, 9.17) is 67.8 Å². The van der Waals surface area contributed by atoms with Crippen molar-refractivity contribution in [2.75, 3.05) is 0 Å². The second kappa shape index (κ2) is 21.2. The molecule has 81 heavy (non-hydrogen) atoms. The topological polar surface area (TPSA) is 105 Å². The van der Waals surface area contributed by atoms with Gasteiger partial charge in [0.05, 0.1) is 38.6 Å². The van der Waals surface area contributed by atoms with E-state index >= 15 is 19.2 Å². The molecule has 8 nitrogen and oxygen atoms in total. The van der Waals surface area contributed by atoms with Crippen LogP contribution >= 0.6 is 82.9 Å². The molecule has 0 fully saturated rings. The molecule has 0 spiro atoms. The molecule has 0 aliphatic heterocycles. The van der Waals surface area contributed by atoms with Crippen LogP contribution < -0.4 is 0 Å². The second-order valence-electron chi connectivity index (χ2n) is 19.6. The van der Waals surface area contributed by atoms with Crippen molar-refractivity contribution in [3.8, 4) is 9.75 Å². The Morgan fingerprint density at radius 2 is 0.765 bits per heavy atom. The van der Waals surface area contributed by atoms with Crippen molar-refractivity contribution < 1.29 is 38.1 Å². The molecule has 3 heterocycles. The number of rotatable bonds is 14. The molecule has 0 radical (unpaired) electrons. The molecule has 0 amide bonds. The van der Waals surface area contributed by atoms with Gasteiger partial charge in [0.25, 0.3) is 0 Å². The zero-order chi connectivity index (χ0) is 55.6. The largest absolute Gasteiger partial charge is 0.459 e. The van der Waals surface area contributed by atoms with Crippen molar-refractivity contribution in [1.29, 1.82) is 0 Å². The van der Waals surface area contributed by atoms with E-state index in [2.05, 4.69) is 0 Å². The number of carbonyl (C=O) groups is 4. The van der Waals surface area contributed by atoms with Crippen molar-refractivity contribution in [1.82, 2.24) is 0 Å². The molecule has 0 unspecified atom stereocenters. The first-order valence-corrected chi connectivity index (χ1v) is 29.7. The lowest BCUT2D eigenvalue weighted by Crippen LogP contribution is -2.46. The van der Waals surface area contributed by atoms with Crippen LogP contribution in [0.2, 0.25) is 0 Å². The first kappa shape index (κ1) is 52.5. The first-order valence-electron chi connectivity index (χ1n) is 25.6. The van der Waals surface area contributed by atoms with Gasteiger partial charge in [0.1, 0.15) is 26.4 Å². The lowest BCUT2D eigenvalue weighted by atomic mass is 9.76. The van der Waals surface area contributed by atoms with Gasteiger partial charge in [-0.1, -0.05) is 219 Å². The SMILES string of the molecule is O=C(OCc1ccccc1)C1(C(=O)OCc2ccccc2)C(C=C2C(=S)c3ccccc3C2=S)=Cc2sc3c4c(sc3c21)-c1sc(C=C2C(=S)c3ccccc3C2=S)cc1C4(C(=O)OCc1ccccc1)C(=O)OCc1ccccc1. The molecule has 4 aliphatic rings. The third kappa shape index (κ3) is 8.69. The standard InChI is InChI=1S/C66H40O8S7/c67-61(71-33-37-17-5-1-6-18-37)65(62(68)72-34-38-19-7-2-8-20-38)41(29-47-53(75)43-25-13-14-26-44(43)54(47)76)30-50-51(65)58-60(80-50)52-59(81-58)57-49(32-42(79-57)31-48-55(77)45-27-15-16-28-46(45)56(48)78)66(52,63(69)73-35-39-21-9-3-10-22-39)64(70)74-36-40-23-11-4-12-24-40/h1-32H,33-36H2. The molecule has 13 rings (SSSR count). The van der Waals surface area contributed by atoms with E-state index in [1.165, 1.54) is 34.0 Å². The smallest absolute Gasteiger partial charge is 0.333 e. The molecule has 9 aromatic rings. The van der Waals surface area contributed by atoms with Crippen LogP contribution in [0.15, 0.2) is 199 Å². The van der Waals surface area contributed by atoms with Crippen LogP contribution in [-0.4, -0.2) is 43.3 Å². The fourth-order valence-electron chi connectivity index (χ4n) is 11.0. The Hall–Kier alpha value is -7.86. The summed E-state index contributed by atoms with van der Waals surface area (Å²) in [5.41, 5.74) is 3.80. The summed E-state index contributed by atoms with van der Waals surface area (Å²) < 4.78 is 26.3. The predicted octanol–water partition coefficient (Wildman–Crippen LogP) is 14.5. The van der Waals surface area contributed by atoms with Gasteiger partial charge in [0, 0.05) is 59.8 Å². The zero-order valence-electron chi connectivity index (χ0n) is 42.4. The number of esters is 4. The summed E-state index contributed by atoms with van der Waals surface area (Å²) in [6.45, 7) is -0.679. The highest BCUT2D eigenvalue weighted by Gasteiger charge is 2.64. The third-order valence-electron chi connectivity index (χ3n) is 14.9. The van der Waals surface area contributed by atoms with E-state index < -0.39 is 34.7 Å². The fraction of sp³-hybridized carbons (Fsp3) is 0.0909. The molecule has 0 saturated carbocycles. The molecule has 394 valence electrons. The number of hydrogen-bond donors (Lipinski definition) is 0. The Balaban J connectivity index is 1.05. The summed E-state index contributed by atoms with van der Waals surface area (Å²) in [7, 11) is 0. The van der Waals surface area contributed by atoms with Crippen LogP contribution in [0.25, 0.3) is 31.3 Å². The summed E-state index contributed by atoms with van der Waals surface area (Å²) in [6, 6.07) is 53.9. The van der Waals surface area contributed by atoms with E-state index in [1.807, 2.05) is 182 Å². The van der Waals surface area contributed by atoms with E-state index in [0.717, 1.165) is 22.3 Å². The van der Waals surface area contributed by atoms with Crippen LogP contribution in [0.5, 0.6) is 0 Å². The number of ether oxygens (including phenoxy) is 4. The van der Waals surface area contributed by atoms with Crippen LogP contribution in [0, 0.1) is 0 Å². The minimum absolute atomic E-state index is 0.161. The quantitative estimate of drug-likeness (QED) is 0.0340. The molecule has 0 atom stereocenters. The van der Waals surface area contributed by atoms with Crippen molar-refractivity contribution in [3.63, 3.8) is 0 Å². The molecular weight excluding hydrogens is 1150 g/mol. The maximum atomic E-state index is 15.9. The Labute approximate surface area is 498 Å². The van der Waals surface area contributed by atoms with Gasteiger partial charge < -0.3 is 18.9 Å². The van der Waals surface area contributed by atoms with Crippen molar-refractivity contribution in [3.05, 3.63) is 270 Å². The van der Waals surface area contributed by atoms with E-state index in [1.54, 1.807) is 12.2 Å². The second-order valence-corrected chi connectivity index (χ2v) is 24.4. The number of benzene rings is 6. The Morgan fingerprint density at radius 1 is 0.407 bits per heavy atom. The minimum atomic E-state index is -2.30. The summed E-state index contributed by atoms with van der Waals surface area (Å²) in [5.74, 6) is -3.54. The number of allylic oxidation sites excluding steroid dienone is 3. The Kier molecular flexibility index (Phi) is 13.8. The molecule has 15 heteroatoms. The average Bonchev–Trinajstić information content (AvgIpc) is 3.43. The van der Waals surface area contributed by atoms with Crippen molar-refractivity contribution in [2.24, 2.45) is 0 Å². The van der Waals surface area contributed by atoms with Gasteiger partial charge in [0.2, 0.25) is 10.8 Å². The third-order valence-corrected chi connectivity index (χ3v) is 20.4. The number of fused-ring (bicyclic) bond motifs is 9. The monoisotopic (exact) mass is 1180 g/mol. The Morgan fingerprint density at radius 3 is 1.17 bits per heavy atom. The number of thiophene rings is 3. The number of thiocarbonyl (C=S) groups is 4. The normalized spacial score (nSPS) is 14.9. The lowest BCUT2D eigenvalue weighted by molar-refractivity contribution is -0.166. The van der Waals surface area contributed by atoms with Crippen LogP contribution in [0.4, 0.5) is 0 Å². The van der Waals surface area contributed by atoms with Gasteiger partial charge in [-0.05, 0) is 52.1 Å². The highest BCUT2D eigenvalue weighted by atomic mass is 32.1. The molecule has 3 aromatic heterocycles. The summed E-state index contributed by atoms with van der Waals surface area (Å²) in [5, 5.41) is 0. The summed E-state index contributed by atoms with van der Waals surface area (Å²) in [4.78, 5) is 67.9. The first-order chi connectivity index (χ1) is 39.5. The number of hydrogen-bond acceptors (Lipinski definition) is 15. The highest BCUT2D eigenvalue weighted by Crippen LogP contribution is 2.64. The van der Waals surface area contributed by atoms with Crippen LogP contribution in [0.3, 0.4) is 0 Å². The Bertz CT molecular complexity index is 4090. The van der Waals surface area contributed by atoms with Gasteiger partial charge in [-0.2, -0.15) is 0 Å². The van der Waals surface area contributed by atoms with E-state index in [-0.39, 0.29) is 37.6 Å². The summed E-state index contributed by atoms with van der Waals surface area (Å²) in [6.07, 6.45) is 5.40. The van der Waals surface area contributed by atoms with Crippen molar-refractivity contribution >= 4 is 148 Å². The van der Waals surface area contributed by atoms with Crippen LogP contribution in [0.1, 0.15) is 71.0 Å². The molecule has 6 aromatic carbocycles. The van der Waals surface area contributed by atoms with Gasteiger partial charge >= 0.3 is 23.9 Å². The van der Waals surface area contributed by atoms with E-state index in [9.17, 15) is 0 Å². The van der Waals surface area contributed by atoms with Gasteiger partial charge in [-0.25, -0.2) is 0 Å². The van der Waals surface area contributed by atoms with E-state index in [0.29, 0.717) is 92.9 Å². The highest BCUT2D eigenvalue weighted by molar-refractivity contribution is 7.84. The predicted molar refractivity (Wildman–Crippen MR) is 334 cm³/mol. The molecular formula is C66H40O8S7. The van der Waals surface area contributed by atoms with Crippen LogP contribution in [-0.2, 0) is 75.4 Å². The molecule has 0 bridgehead atoms. The number of carbonyl (C=O) groups excluding carboxylic acids is 4. The molecule has 0 N–H and O–H groups in total. The average molecular weight is 1190 g/mol. The molecule has 0 saturated heterocycles. The molecule has 4 aliphatic carbocycles. The van der Waals surface area contributed by atoms with Gasteiger partial charge in [-0.3, -0.25) is 19.2 Å². The van der Waals surface area contributed by atoms with Gasteiger partial charge in [0.15, 0.2) is 0 Å². The zero-order valence-corrected chi connectivity index (χ0v) is 48.1. The van der Waals surface area contributed by atoms with Gasteiger partial charge in [-0.15, -0.1) is 34.0 Å². The van der Waals surface area contributed by atoms with Crippen molar-refractivity contribution in [2.45, 2.75) is 37.3 Å². The maximum absolute atomic E-state index is 15.9.